The Hall–Kier alpha value is -1.79. The number of carbonyl (C=O) groups is 1. The average molecular weight is 361 g/mol. The van der Waals surface area contributed by atoms with Crippen LogP contribution in [0.5, 0.6) is 0 Å². The fourth-order valence-electron chi connectivity index (χ4n) is 2.80. The van der Waals surface area contributed by atoms with Crippen molar-refractivity contribution in [1.29, 1.82) is 0 Å². The van der Waals surface area contributed by atoms with Crippen molar-refractivity contribution in [3.63, 3.8) is 0 Å². The van der Waals surface area contributed by atoms with Gasteiger partial charge < -0.3 is 4.90 Å². The van der Waals surface area contributed by atoms with Crippen LogP contribution < -0.4 is 0 Å². The maximum absolute atomic E-state index is 13.0. The van der Waals surface area contributed by atoms with Crippen molar-refractivity contribution in [3.05, 3.63) is 51.7 Å². The molecule has 1 amide bonds. The summed E-state index contributed by atoms with van der Waals surface area (Å²) in [6.45, 7) is 10.4. The van der Waals surface area contributed by atoms with Crippen LogP contribution >= 0.6 is 11.3 Å². The van der Waals surface area contributed by atoms with Gasteiger partial charge in [-0.1, -0.05) is 20.8 Å². The fourth-order valence-corrected chi connectivity index (χ4v) is 3.87. The molecule has 0 N–H and O–H groups in total. The molecule has 1 saturated heterocycles. The number of hydrogen-bond acceptors (Lipinski definition) is 4. The topological polar surface area (TPSA) is 36.4 Å². The number of benzene rings is 1. The van der Waals surface area contributed by atoms with Crippen LogP contribution in [0, 0.1) is 5.82 Å². The van der Waals surface area contributed by atoms with Gasteiger partial charge in [-0.2, -0.15) is 0 Å². The number of aromatic nitrogens is 1. The first kappa shape index (κ1) is 18.0. The zero-order valence-electron chi connectivity index (χ0n) is 15.0. The van der Waals surface area contributed by atoms with E-state index in [1.54, 1.807) is 23.5 Å². The van der Waals surface area contributed by atoms with Gasteiger partial charge in [0.1, 0.15) is 10.8 Å². The molecule has 0 unspecified atom stereocenters. The standard InChI is InChI=1S/C19H24FN3OS/c1-19(2,3)16-13-25-17(21-16)12-22-8-10-23(11-9-22)18(24)14-4-6-15(20)7-5-14/h4-7,13H,8-12H2,1-3H3. The third-order valence-electron chi connectivity index (χ3n) is 4.43. The Kier molecular flexibility index (Phi) is 5.20. The maximum Gasteiger partial charge on any atom is 0.253 e. The predicted molar refractivity (Wildman–Crippen MR) is 98.4 cm³/mol. The molecule has 0 atom stereocenters. The predicted octanol–water partition coefficient (Wildman–Crippen LogP) is 3.54. The van der Waals surface area contributed by atoms with E-state index in [1.807, 2.05) is 4.90 Å². The SMILES string of the molecule is CC(C)(C)c1csc(CN2CCN(C(=O)c3ccc(F)cc3)CC2)n1. The molecule has 0 radical (unpaired) electrons. The average Bonchev–Trinajstić information content (AvgIpc) is 3.04. The van der Waals surface area contributed by atoms with Gasteiger partial charge in [-0.25, -0.2) is 9.37 Å². The van der Waals surface area contributed by atoms with Gasteiger partial charge >= 0.3 is 0 Å². The van der Waals surface area contributed by atoms with E-state index in [1.165, 1.54) is 12.1 Å². The van der Waals surface area contributed by atoms with Gasteiger partial charge in [0, 0.05) is 42.5 Å². The highest BCUT2D eigenvalue weighted by Crippen LogP contribution is 2.24. The van der Waals surface area contributed by atoms with E-state index in [0.717, 1.165) is 30.3 Å². The van der Waals surface area contributed by atoms with E-state index in [9.17, 15) is 9.18 Å². The molecule has 4 nitrogen and oxygen atoms in total. The maximum atomic E-state index is 13.0. The lowest BCUT2D eigenvalue weighted by atomic mass is 9.93. The minimum absolute atomic E-state index is 0.0242. The first-order valence-corrected chi connectivity index (χ1v) is 9.43. The van der Waals surface area contributed by atoms with Crippen LogP contribution in [0.1, 0.15) is 41.8 Å². The van der Waals surface area contributed by atoms with Crippen LogP contribution in [-0.2, 0) is 12.0 Å². The second-order valence-corrected chi connectivity index (χ2v) is 8.39. The van der Waals surface area contributed by atoms with Gasteiger partial charge in [0.2, 0.25) is 0 Å². The summed E-state index contributed by atoms with van der Waals surface area (Å²) in [5.74, 6) is -0.344. The van der Waals surface area contributed by atoms with Crippen molar-refractivity contribution in [3.8, 4) is 0 Å². The number of rotatable bonds is 3. The number of hydrogen-bond donors (Lipinski definition) is 0. The summed E-state index contributed by atoms with van der Waals surface area (Å²) in [5, 5.41) is 3.27. The molecule has 1 aromatic carbocycles. The zero-order chi connectivity index (χ0) is 18.0. The highest BCUT2D eigenvalue weighted by Gasteiger charge is 2.23. The number of carbonyl (C=O) groups excluding carboxylic acids is 1. The summed E-state index contributed by atoms with van der Waals surface area (Å²) in [7, 11) is 0. The molecule has 1 aliphatic rings. The second-order valence-electron chi connectivity index (χ2n) is 7.45. The first-order chi connectivity index (χ1) is 11.8. The van der Waals surface area contributed by atoms with Gasteiger partial charge in [-0.3, -0.25) is 9.69 Å². The van der Waals surface area contributed by atoms with Crippen LogP contribution in [0.3, 0.4) is 0 Å². The minimum Gasteiger partial charge on any atom is -0.336 e. The molecule has 1 fully saturated rings. The third-order valence-corrected chi connectivity index (χ3v) is 5.26. The Balaban J connectivity index is 1.54. The Labute approximate surface area is 152 Å². The van der Waals surface area contributed by atoms with Gasteiger partial charge in [-0.15, -0.1) is 11.3 Å². The molecular formula is C19H24FN3OS. The number of piperazine rings is 1. The molecule has 1 aromatic heterocycles. The summed E-state index contributed by atoms with van der Waals surface area (Å²) in [4.78, 5) is 21.4. The summed E-state index contributed by atoms with van der Waals surface area (Å²) in [6, 6.07) is 5.76. The van der Waals surface area contributed by atoms with Crippen molar-refractivity contribution in [2.24, 2.45) is 0 Å². The second kappa shape index (κ2) is 7.22. The van der Waals surface area contributed by atoms with E-state index in [0.29, 0.717) is 18.7 Å². The van der Waals surface area contributed by atoms with Gasteiger partial charge in [0.15, 0.2) is 0 Å². The van der Waals surface area contributed by atoms with E-state index < -0.39 is 0 Å². The van der Waals surface area contributed by atoms with Gasteiger partial charge in [-0.05, 0) is 24.3 Å². The molecule has 25 heavy (non-hydrogen) atoms. The monoisotopic (exact) mass is 361 g/mol. The lowest BCUT2D eigenvalue weighted by molar-refractivity contribution is 0.0628. The molecule has 0 spiro atoms. The molecule has 2 aromatic rings. The van der Waals surface area contributed by atoms with Crippen LogP contribution in [-0.4, -0.2) is 46.9 Å². The number of nitrogens with zero attached hydrogens (tertiary/aromatic N) is 3. The van der Waals surface area contributed by atoms with Crippen LogP contribution in [0.2, 0.25) is 0 Å². The highest BCUT2D eigenvalue weighted by molar-refractivity contribution is 7.09. The highest BCUT2D eigenvalue weighted by atomic mass is 32.1. The van der Waals surface area contributed by atoms with Gasteiger partial charge in [0.25, 0.3) is 5.91 Å². The molecule has 3 rings (SSSR count). The van der Waals surface area contributed by atoms with Crippen molar-refractivity contribution in [2.75, 3.05) is 26.2 Å². The molecule has 0 saturated carbocycles. The summed E-state index contributed by atoms with van der Waals surface area (Å²) >= 11 is 1.71. The Morgan fingerprint density at radius 3 is 2.36 bits per heavy atom. The normalized spacial score (nSPS) is 16.2. The molecule has 6 heteroatoms. The number of thiazole rings is 1. The molecule has 134 valence electrons. The van der Waals surface area contributed by atoms with Gasteiger partial charge in [0.05, 0.1) is 12.2 Å². The van der Waals surface area contributed by atoms with Crippen molar-refractivity contribution >= 4 is 17.2 Å². The Bertz CT molecular complexity index is 728. The van der Waals surface area contributed by atoms with E-state index >= 15 is 0 Å². The molecular weight excluding hydrogens is 337 g/mol. The lowest BCUT2D eigenvalue weighted by Crippen LogP contribution is -2.48. The zero-order valence-corrected chi connectivity index (χ0v) is 15.8. The van der Waals surface area contributed by atoms with Crippen LogP contribution in [0.25, 0.3) is 0 Å². The Morgan fingerprint density at radius 1 is 1.16 bits per heavy atom. The summed E-state index contributed by atoms with van der Waals surface area (Å²) in [5.41, 5.74) is 1.76. The molecule has 0 aliphatic carbocycles. The quantitative estimate of drug-likeness (QED) is 0.839. The Morgan fingerprint density at radius 2 is 1.80 bits per heavy atom. The molecule has 0 bridgehead atoms. The van der Waals surface area contributed by atoms with E-state index in [-0.39, 0.29) is 17.1 Å². The summed E-state index contributed by atoms with van der Waals surface area (Å²) < 4.78 is 13.0. The molecule has 1 aliphatic heterocycles. The molecule has 2 heterocycles. The third kappa shape index (κ3) is 4.44. The van der Waals surface area contributed by atoms with Crippen LogP contribution in [0.15, 0.2) is 29.6 Å². The minimum atomic E-state index is -0.320. The van der Waals surface area contributed by atoms with Crippen molar-refractivity contribution < 1.29 is 9.18 Å². The van der Waals surface area contributed by atoms with Crippen molar-refractivity contribution in [2.45, 2.75) is 32.7 Å². The first-order valence-electron chi connectivity index (χ1n) is 8.55. The van der Waals surface area contributed by atoms with E-state index in [2.05, 4.69) is 31.1 Å². The van der Waals surface area contributed by atoms with E-state index in [4.69, 9.17) is 4.98 Å². The number of amides is 1. The van der Waals surface area contributed by atoms with Crippen LogP contribution in [0.4, 0.5) is 4.39 Å². The lowest BCUT2D eigenvalue weighted by Gasteiger charge is -2.34. The largest absolute Gasteiger partial charge is 0.336 e. The van der Waals surface area contributed by atoms with Crippen molar-refractivity contribution in [1.82, 2.24) is 14.8 Å². The number of halogens is 1. The smallest absolute Gasteiger partial charge is 0.253 e. The fraction of sp³-hybridized carbons (Fsp3) is 0.474. The summed E-state index contributed by atoms with van der Waals surface area (Å²) in [6.07, 6.45) is 0.